The van der Waals surface area contributed by atoms with E-state index >= 15 is 0 Å². The summed E-state index contributed by atoms with van der Waals surface area (Å²) in [4.78, 5) is 39.5. The van der Waals surface area contributed by atoms with Gasteiger partial charge in [0.15, 0.2) is 0 Å². The molecule has 1 atom stereocenters. The summed E-state index contributed by atoms with van der Waals surface area (Å²) in [6.07, 6.45) is 1.74. The number of aliphatic carboxylic acids is 1. The number of carboxylic acid groups (broad SMARTS) is 1. The van der Waals surface area contributed by atoms with Crippen molar-refractivity contribution in [1.82, 2.24) is 9.80 Å². The third-order valence-electron chi connectivity index (χ3n) is 5.09. The second kappa shape index (κ2) is 9.50. The standard InChI is InChI=1S/C20H28N2O5/c1-16(23)21(12-9-17-7-4-3-5-8-17)13-18(24)22-11-6-10-20(14-22,15-27-2)19(25)26/h3-5,7-8H,6,9-15H2,1-2H3,(H,25,26). The zero-order valence-corrected chi connectivity index (χ0v) is 16.0. The normalized spacial score (nSPS) is 19.6. The summed E-state index contributed by atoms with van der Waals surface area (Å²) < 4.78 is 5.10. The highest BCUT2D eigenvalue weighted by atomic mass is 16.5. The maximum Gasteiger partial charge on any atom is 0.313 e. The Balaban J connectivity index is 1.99. The summed E-state index contributed by atoms with van der Waals surface area (Å²) in [5.74, 6) is -1.34. The molecular formula is C20H28N2O5. The number of amides is 2. The van der Waals surface area contributed by atoms with Crippen molar-refractivity contribution in [1.29, 1.82) is 0 Å². The van der Waals surface area contributed by atoms with Gasteiger partial charge in [0.2, 0.25) is 11.8 Å². The molecule has 0 saturated carbocycles. The van der Waals surface area contributed by atoms with Gasteiger partial charge in [-0.2, -0.15) is 0 Å². The molecule has 0 spiro atoms. The van der Waals surface area contributed by atoms with E-state index in [4.69, 9.17) is 4.74 Å². The average Bonchev–Trinajstić information content (AvgIpc) is 2.65. The van der Waals surface area contributed by atoms with Crippen molar-refractivity contribution in [2.75, 3.05) is 39.9 Å². The van der Waals surface area contributed by atoms with Crippen LogP contribution in [0.2, 0.25) is 0 Å². The van der Waals surface area contributed by atoms with Gasteiger partial charge in [-0.25, -0.2) is 0 Å². The van der Waals surface area contributed by atoms with Crippen LogP contribution in [-0.4, -0.2) is 72.6 Å². The molecule has 1 N–H and O–H groups in total. The minimum Gasteiger partial charge on any atom is -0.481 e. The molecule has 1 heterocycles. The van der Waals surface area contributed by atoms with Crippen LogP contribution in [-0.2, 0) is 25.5 Å². The maximum atomic E-state index is 12.7. The van der Waals surface area contributed by atoms with Crippen LogP contribution in [0, 0.1) is 5.41 Å². The molecule has 0 bridgehead atoms. The Labute approximate surface area is 159 Å². The summed E-state index contributed by atoms with van der Waals surface area (Å²) in [7, 11) is 1.46. The van der Waals surface area contributed by atoms with Gasteiger partial charge in [-0.1, -0.05) is 30.3 Å². The van der Waals surface area contributed by atoms with E-state index in [0.29, 0.717) is 32.4 Å². The predicted molar refractivity (Wildman–Crippen MR) is 100 cm³/mol. The van der Waals surface area contributed by atoms with Crippen LogP contribution >= 0.6 is 0 Å². The minimum absolute atomic E-state index is 0.0369. The molecule has 7 nitrogen and oxygen atoms in total. The maximum absolute atomic E-state index is 12.7. The molecule has 1 aliphatic rings. The minimum atomic E-state index is -1.08. The first-order valence-electron chi connectivity index (χ1n) is 9.17. The van der Waals surface area contributed by atoms with Gasteiger partial charge in [0.1, 0.15) is 5.41 Å². The fraction of sp³-hybridized carbons (Fsp3) is 0.550. The van der Waals surface area contributed by atoms with Crippen LogP contribution < -0.4 is 0 Å². The Bertz CT molecular complexity index is 660. The van der Waals surface area contributed by atoms with Crippen molar-refractivity contribution < 1.29 is 24.2 Å². The molecule has 2 rings (SSSR count). The third kappa shape index (κ3) is 5.53. The molecule has 1 unspecified atom stereocenters. The average molecular weight is 376 g/mol. The fourth-order valence-electron chi connectivity index (χ4n) is 3.49. The van der Waals surface area contributed by atoms with Crippen molar-refractivity contribution in [3.8, 4) is 0 Å². The van der Waals surface area contributed by atoms with Crippen LogP contribution in [0.25, 0.3) is 0 Å². The first-order valence-corrected chi connectivity index (χ1v) is 9.17. The number of carboxylic acids is 1. The number of piperidine rings is 1. The Morgan fingerprint density at radius 3 is 2.56 bits per heavy atom. The number of nitrogens with zero attached hydrogens (tertiary/aromatic N) is 2. The highest BCUT2D eigenvalue weighted by Gasteiger charge is 2.44. The lowest BCUT2D eigenvalue weighted by molar-refractivity contribution is -0.159. The molecule has 1 aromatic rings. The zero-order chi connectivity index (χ0) is 19.9. The van der Waals surface area contributed by atoms with Crippen molar-refractivity contribution >= 4 is 17.8 Å². The largest absolute Gasteiger partial charge is 0.481 e. The lowest BCUT2D eigenvalue weighted by Crippen LogP contribution is -2.54. The van der Waals surface area contributed by atoms with Gasteiger partial charge in [0.05, 0.1) is 13.2 Å². The van der Waals surface area contributed by atoms with Gasteiger partial charge in [-0.3, -0.25) is 14.4 Å². The number of carbonyl (C=O) groups is 3. The Hall–Kier alpha value is -2.41. The van der Waals surface area contributed by atoms with Crippen LogP contribution in [0.5, 0.6) is 0 Å². The number of ether oxygens (including phenoxy) is 1. The first kappa shape index (κ1) is 20.9. The summed E-state index contributed by atoms with van der Waals surface area (Å²) >= 11 is 0. The van der Waals surface area contributed by atoms with E-state index in [-0.39, 0.29) is 31.5 Å². The Morgan fingerprint density at radius 1 is 1.26 bits per heavy atom. The van der Waals surface area contributed by atoms with E-state index in [2.05, 4.69) is 0 Å². The second-order valence-corrected chi connectivity index (χ2v) is 7.11. The summed E-state index contributed by atoms with van der Waals surface area (Å²) in [6.45, 7) is 2.53. The second-order valence-electron chi connectivity index (χ2n) is 7.11. The monoisotopic (exact) mass is 376 g/mol. The van der Waals surface area contributed by atoms with Crippen molar-refractivity contribution in [3.63, 3.8) is 0 Å². The number of hydrogen-bond acceptors (Lipinski definition) is 4. The van der Waals surface area contributed by atoms with Gasteiger partial charge < -0.3 is 19.6 Å². The van der Waals surface area contributed by atoms with E-state index in [0.717, 1.165) is 5.56 Å². The summed E-state index contributed by atoms with van der Waals surface area (Å²) in [5, 5.41) is 9.62. The number of benzene rings is 1. The predicted octanol–water partition coefficient (Wildman–Crippen LogP) is 1.42. The molecule has 0 aliphatic carbocycles. The van der Waals surface area contributed by atoms with Crippen LogP contribution in [0.15, 0.2) is 30.3 Å². The Kier molecular flexibility index (Phi) is 7.36. The van der Waals surface area contributed by atoms with Gasteiger partial charge in [0, 0.05) is 33.7 Å². The molecular weight excluding hydrogens is 348 g/mol. The van der Waals surface area contributed by atoms with E-state index in [9.17, 15) is 19.5 Å². The molecule has 1 aliphatic heterocycles. The molecule has 7 heteroatoms. The molecule has 1 fully saturated rings. The van der Waals surface area contributed by atoms with Crippen LogP contribution in [0.1, 0.15) is 25.3 Å². The van der Waals surface area contributed by atoms with E-state index in [1.165, 1.54) is 18.9 Å². The number of rotatable bonds is 8. The van der Waals surface area contributed by atoms with Crippen molar-refractivity contribution in [2.24, 2.45) is 5.41 Å². The molecule has 148 valence electrons. The summed E-state index contributed by atoms with van der Waals surface area (Å²) in [5.41, 5.74) is 0.0208. The van der Waals surface area contributed by atoms with Gasteiger partial charge >= 0.3 is 5.97 Å². The van der Waals surface area contributed by atoms with E-state index in [1.54, 1.807) is 4.90 Å². The number of hydrogen-bond donors (Lipinski definition) is 1. The molecule has 2 amide bonds. The third-order valence-corrected chi connectivity index (χ3v) is 5.09. The Morgan fingerprint density at radius 2 is 1.96 bits per heavy atom. The molecule has 1 saturated heterocycles. The van der Waals surface area contributed by atoms with Crippen LogP contribution in [0.3, 0.4) is 0 Å². The van der Waals surface area contributed by atoms with E-state index in [1.807, 2.05) is 30.3 Å². The first-order chi connectivity index (χ1) is 12.9. The van der Waals surface area contributed by atoms with Crippen molar-refractivity contribution in [3.05, 3.63) is 35.9 Å². The summed E-state index contributed by atoms with van der Waals surface area (Å²) in [6, 6.07) is 9.77. The van der Waals surface area contributed by atoms with Gasteiger partial charge in [0.25, 0.3) is 0 Å². The molecule has 27 heavy (non-hydrogen) atoms. The molecule has 0 aromatic heterocycles. The van der Waals surface area contributed by atoms with Gasteiger partial charge in [-0.15, -0.1) is 0 Å². The lowest BCUT2D eigenvalue weighted by Gasteiger charge is -2.40. The number of methoxy groups -OCH3 is 1. The van der Waals surface area contributed by atoms with Crippen LogP contribution in [0.4, 0.5) is 0 Å². The number of carbonyl (C=O) groups excluding carboxylic acids is 2. The fourth-order valence-corrected chi connectivity index (χ4v) is 3.49. The SMILES string of the molecule is COCC1(C(=O)O)CCCN(C(=O)CN(CCc2ccccc2)C(C)=O)C1. The zero-order valence-electron chi connectivity index (χ0n) is 16.0. The number of likely N-dealkylation sites (tertiary alicyclic amines) is 1. The quantitative estimate of drug-likeness (QED) is 0.741. The molecule has 1 aromatic carbocycles. The van der Waals surface area contributed by atoms with Crippen molar-refractivity contribution in [2.45, 2.75) is 26.2 Å². The highest BCUT2D eigenvalue weighted by Crippen LogP contribution is 2.31. The topological polar surface area (TPSA) is 87.2 Å². The highest BCUT2D eigenvalue weighted by molar-refractivity contribution is 5.85. The molecule has 0 radical (unpaired) electrons. The van der Waals surface area contributed by atoms with E-state index < -0.39 is 11.4 Å². The lowest BCUT2D eigenvalue weighted by atomic mass is 9.80. The smallest absolute Gasteiger partial charge is 0.313 e. The van der Waals surface area contributed by atoms with Gasteiger partial charge in [-0.05, 0) is 24.8 Å².